The molecule has 4 aromatic carbocycles. The van der Waals surface area contributed by atoms with Crippen molar-refractivity contribution >= 4 is 28.6 Å². The fraction of sp³-hybridized carbons (Fsp3) is 0.0938. The zero-order chi connectivity index (χ0) is 26.9. The standard InChI is InChI=1S/C32H26N4O3/c1-35-26-19-11-10-18-25(26)28(29(35)21-12-4-2-5-13-21)30-23-16-8-9-17-24(23)32(39)36(30)20-27(37)33-34-31(38)22-14-6-3-7-15-22/h2-19,30H,20H2,1H3,(H,33,37)(H,34,38)/t30-/m1/s1. The number of para-hydroxylation sites is 1. The Kier molecular flexibility index (Phi) is 6.17. The Labute approximate surface area is 225 Å². The van der Waals surface area contributed by atoms with Gasteiger partial charge in [-0.1, -0.05) is 84.9 Å². The maximum absolute atomic E-state index is 13.7. The summed E-state index contributed by atoms with van der Waals surface area (Å²) in [4.78, 5) is 40.9. The number of carbonyl (C=O) groups is 3. The number of hydrazine groups is 1. The van der Waals surface area contributed by atoms with Crippen molar-refractivity contribution in [2.75, 3.05) is 6.54 Å². The SMILES string of the molecule is Cn1c(-c2ccccc2)c([C@H]2c3ccccc3C(=O)N2CC(=O)NNC(=O)c2ccccc2)c2ccccc21. The van der Waals surface area contributed by atoms with E-state index < -0.39 is 17.9 Å². The van der Waals surface area contributed by atoms with Crippen molar-refractivity contribution in [3.8, 4) is 11.3 Å². The highest BCUT2D eigenvalue weighted by molar-refractivity contribution is 6.04. The predicted molar refractivity (Wildman–Crippen MR) is 150 cm³/mol. The highest BCUT2D eigenvalue weighted by atomic mass is 16.2. The largest absolute Gasteiger partial charge is 0.343 e. The van der Waals surface area contributed by atoms with Crippen LogP contribution in [-0.4, -0.2) is 33.7 Å². The molecule has 0 spiro atoms. The Hall–Kier alpha value is -5.17. The van der Waals surface area contributed by atoms with E-state index in [2.05, 4.69) is 39.7 Å². The molecule has 0 bridgehead atoms. The quantitative estimate of drug-likeness (QED) is 0.329. The Morgan fingerprint density at radius 3 is 2.18 bits per heavy atom. The number of amides is 3. The number of carbonyl (C=O) groups excluding carboxylic acids is 3. The van der Waals surface area contributed by atoms with Gasteiger partial charge in [0.2, 0.25) is 0 Å². The van der Waals surface area contributed by atoms with Gasteiger partial charge in [-0.05, 0) is 35.4 Å². The van der Waals surface area contributed by atoms with Gasteiger partial charge in [0.05, 0.1) is 11.7 Å². The molecular weight excluding hydrogens is 488 g/mol. The van der Waals surface area contributed by atoms with Crippen LogP contribution < -0.4 is 10.9 Å². The molecule has 0 radical (unpaired) electrons. The van der Waals surface area contributed by atoms with Crippen LogP contribution >= 0.6 is 0 Å². The molecule has 0 aliphatic carbocycles. The summed E-state index contributed by atoms with van der Waals surface area (Å²) in [7, 11) is 2.02. The van der Waals surface area contributed by atoms with Gasteiger partial charge in [-0.15, -0.1) is 0 Å². The molecule has 0 fully saturated rings. The molecule has 1 aliphatic rings. The van der Waals surface area contributed by atoms with Gasteiger partial charge < -0.3 is 9.47 Å². The van der Waals surface area contributed by atoms with Gasteiger partial charge >= 0.3 is 0 Å². The zero-order valence-corrected chi connectivity index (χ0v) is 21.3. The van der Waals surface area contributed by atoms with E-state index in [1.165, 1.54) is 0 Å². The van der Waals surface area contributed by atoms with Gasteiger partial charge in [-0.25, -0.2) is 0 Å². The van der Waals surface area contributed by atoms with Crippen LogP contribution in [0, 0.1) is 0 Å². The average molecular weight is 515 g/mol. The molecule has 1 aliphatic heterocycles. The third-order valence-corrected chi connectivity index (χ3v) is 7.19. The monoisotopic (exact) mass is 514 g/mol. The van der Waals surface area contributed by atoms with Crippen molar-refractivity contribution < 1.29 is 14.4 Å². The van der Waals surface area contributed by atoms with Crippen molar-refractivity contribution in [1.82, 2.24) is 20.3 Å². The first-order valence-corrected chi connectivity index (χ1v) is 12.7. The summed E-state index contributed by atoms with van der Waals surface area (Å²) in [6.07, 6.45) is 0. The number of hydrogen-bond donors (Lipinski definition) is 2. The summed E-state index contributed by atoms with van der Waals surface area (Å²) in [5.74, 6) is -1.16. The van der Waals surface area contributed by atoms with E-state index in [0.29, 0.717) is 11.1 Å². The van der Waals surface area contributed by atoms with Crippen LogP contribution in [0.1, 0.15) is 37.9 Å². The minimum atomic E-state index is -0.495. The Balaban J connectivity index is 1.41. The van der Waals surface area contributed by atoms with Gasteiger partial charge in [0.15, 0.2) is 0 Å². The topological polar surface area (TPSA) is 83.4 Å². The lowest BCUT2D eigenvalue weighted by atomic mass is 9.93. The van der Waals surface area contributed by atoms with Crippen LogP contribution in [-0.2, 0) is 11.8 Å². The van der Waals surface area contributed by atoms with E-state index in [0.717, 1.165) is 33.3 Å². The number of aryl methyl sites for hydroxylation is 1. The van der Waals surface area contributed by atoms with Crippen LogP contribution in [0.15, 0.2) is 109 Å². The predicted octanol–water partition coefficient (Wildman–Crippen LogP) is 4.85. The van der Waals surface area contributed by atoms with Crippen molar-refractivity contribution in [3.05, 3.63) is 131 Å². The smallest absolute Gasteiger partial charge is 0.269 e. The molecule has 0 saturated carbocycles. The summed E-state index contributed by atoms with van der Waals surface area (Å²) in [6, 6.07) is 33.8. The molecule has 192 valence electrons. The number of fused-ring (bicyclic) bond motifs is 2. The first-order chi connectivity index (χ1) is 19.0. The second kappa shape index (κ2) is 9.95. The number of hydrogen-bond acceptors (Lipinski definition) is 3. The first-order valence-electron chi connectivity index (χ1n) is 12.7. The second-order valence-electron chi connectivity index (χ2n) is 9.50. The van der Waals surface area contributed by atoms with Crippen molar-refractivity contribution in [2.24, 2.45) is 7.05 Å². The lowest BCUT2D eigenvalue weighted by Gasteiger charge is -2.26. The summed E-state index contributed by atoms with van der Waals surface area (Å²) < 4.78 is 2.14. The van der Waals surface area contributed by atoms with Gasteiger partial charge in [0.1, 0.15) is 6.54 Å². The first kappa shape index (κ1) is 24.2. The highest BCUT2D eigenvalue weighted by Gasteiger charge is 2.41. The number of benzene rings is 4. The van der Waals surface area contributed by atoms with Gasteiger partial charge in [-0.3, -0.25) is 25.2 Å². The van der Waals surface area contributed by atoms with Crippen LogP contribution in [0.2, 0.25) is 0 Å². The molecule has 2 N–H and O–H groups in total. The molecule has 3 amide bonds. The number of nitrogens with zero attached hydrogens (tertiary/aromatic N) is 2. The van der Waals surface area contributed by atoms with Crippen molar-refractivity contribution in [2.45, 2.75) is 6.04 Å². The molecule has 1 aromatic heterocycles. The maximum atomic E-state index is 13.7. The molecule has 6 rings (SSSR count). The van der Waals surface area contributed by atoms with Crippen LogP contribution in [0.5, 0.6) is 0 Å². The maximum Gasteiger partial charge on any atom is 0.269 e. The minimum Gasteiger partial charge on any atom is -0.343 e. The second-order valence-corrected chi connectivity index (χ2v) is 9.50. The third kappa shape index (κ3) is 4.24. The molecule has 7 nitrogen and oxygen atoms in total. The Morgan fingerprint density at radius 2 is 1.41 bits per heavy atom. The van der Waals surface area contributed by atoms with E-state index in [1.54, 1.807) is 35.2 Å². The fourth-order valence-electron chi connectivity index (χ4n) is 5.47. The molecule has 5 aromatic rings. The van der Waals surface area contributed by atoms with Gasteiger partial charge in [0.25, 0.3) is 17.7 Å². The van der Waals surface area contributed by atoms with Gasteiger partial charge in [0, 0.05) is 34.6 Å². The van der Waals surface area contributed by atoms with Crippen molar-refractivity contribution in [3.63, 3.8) is 0 Å². The minimum absolute atomic E-state index is 0.230. The zero-order valence-electron chi connectivity index (χ0n) is 21.3. The summed E-state index contributed by atoms with van der Waals surface area (Å²) in [5.41, 5.74) is 10.7. The normalized spacial score (nSPS) is 14.3. The van der Waals surface area contributed by atoms with E-state index >= 15 is 0 Å². The lowest BCUT2D eigenvalue weighted by Crippen LogP contribution is -2.47. The number of aromatic nitrogens is 1. The molecule has 39 heavy (non-hydrogen) atoms. The van der Waals surface area contributed by atoms with Crippen LogP contribution in [0.4, 0.5) is 0 Å². The number of rotatable bonds is 5. The highest BCUT2D eigenvalue weighted by Crippen LogP contribution is 2.46. The fourth-order valence-corrected chi connectivity index (χ4v) is 5.47. The van der Waals surface area contributed by atoms with E-state index in [-0.39, 0.29) is 12.5 Å². The summed E-state index contributed by atoms with van der Waals surface area (Å²) in [6.45, 7) is -0.231. The van der Waals surface area contributed by atoms with Crippen LogP contribution in [0.25, 0.3) is 22.2 Å². The van der Waals surface area contributed by atoms with Crippen LogP contribution in [0.3, 0.4) is 0 Å². The molecule has 0 unspecified atom stereocenters. The molecule has 1 atom stereocenters. The summed E-state index contributed by atoms with van der Waals surface area (Å²) >= 11 is 0. The lowest BCUT2D eigenvalue weighted by molar-refractivity contribution is -0.122. The van der Waals surface area contributed by atoms with E-state index in [4.69, 9.17) is 0 Å². The van der Waals surface area contributed by atoms with E-state index in [9.17, 15) is 14.4 Å². The number of nitrogens with one attached hydrogen (secondary N) is 2. The van der Waals surface area contributed by atoms with Gasteiger partial charge in [-0.2, -0.15) is 0 Å². The third-order valence-electron chi connectivity index (χ3n) is 7.19. The Morgan fingerprint density at radius 1 is 0.769 bits per heavy atom. The molecule has 2 heterocycles. The molecule has 0 saturated heterocycles. The average Bonchev–Trinajstić information content (AvgIpc) is 3.42. The van der Waals surface area contributed by atoms with Crippen molar-refractivity contribution in [1.29, 1.82) is 0 Å². The Bertz CT molecular complexity index is 1710. The molecular formula is C32H26N4O3. The summed E-state index contributed by atoms with van der Waals surface area (Å²) in [5, 5.41) is 1.01. The van der Waals surface area contributed by atoms with E-state index in [1.807, 2.05) is 61.6 Å². The molecule has 7 heteroatoms.